The van der Waals surface area contributed by atoms with Crippen LogP contribution in [0.4, 0.5) is 21.9 Å². The first kappa shape index (κ1) is 28.5. The van der Waals surface area contributed by atoms with Crippen molar-refractivity contribution in [2.24, 2.45) is 0 Å². The third-order valence-corrected chi connectivity index (χ3v) is 6.24. The molecule has 0 spiro atoms. The van der Waals surface area contributed by atoms with Crippen molar-refractivity contribution in [3.05, 3.63) is 66.2 Å². The maximum Gasteiger partial charge on any atom is 0.326 e. The molecular formula is C29H38N4O5. The van der Waals surface area contributed by atoms with Gasteiger partial charge in [0, 0.05) is 36.2 Å². The van der Waals surface area contributed by atoms with Gasteiger partial charge in [0.25, 0.3) is 0 Å². The predicted octanol–water partition coefficient (Wildman–Crippen LogP) is 4.91. The molecule has 9 heteroatoms. The zero-order chi connectivity index (χ0) is 27.5. The molecule has 9 nitrogen and oxygen atoms in total. The second kappa shape index (κ2) is 14.0. The molecule has 0 bridgehead atoms. The van der Waals surface area contributed by atoms with Crippen molar-refractivity contribution in [3.8, 4) is 23.0 Å². The Morgan fingerprint density at radius 2 is 1.37 bits per heavy atom. The van der Waals surface area contributed by atoms with E-state index in [0.717, 1.165) is 43.1 Å². The molecule has 3 N–H and O–H groups in total. The summed E-state index contributed by atoms with van der Waals surface area (Å²) in [7, 11) is 8.49. The van der Waals surface area contributed by atoms with Gasteiger partial charge in [0.1, 0.15) is 0 Å². The molecule has 0 unspecified atom stereocenters. The van der Waals surface area contributed by atoms with Crippen LogP contribution in [0.25, 0.3) is 0 Å². The minimum atomic E-state index is -0.241. The highest BCUT2D eigenvalue weighted by Gasteiger charge is 2.17. The number of carbonyl (C=O) groups excluding carboxylic acids is 1. The SMILES string of the molecule is COc1ccc(CCN(C)CCCN(C(=O)Nc2ccc(OC)c(OC)c2)c2ccc(N)cc2)cc1OC. The lowest BCUT2D eigenvalue weighted by atomic mass is 10.1. The summed E-state index contributed by atoms with van der Waals surface area (Å²) in [6.45, 7) is 2.22. The van der Waals surface area contributed by atoms with Gasteiger partial charge in [0.15, 0.2) is 23.0 Å². The highest BCUT2D eigenvalue weighted by Crippen LogP contribution is 2.30. The molecule has 0 aromatic heterocycles. The molecule has 0 fully saturated rings. The Bertz CT molecular complexity index is 1190. The molecule has 2 amide bonds. The molecule has 0 radical (unpaired) electrons. The zero-order valence-corrected chi connectivity index (χ0v) is 22.8. The van der Waals surface area contributed by atoms with E-state index >= 15 is 0 Å². The fourth-order valence-corrected chi connectivity index (χ4v) is 4.07. The van der Waals surface area contributed by atoms with Crippen LogP contribution in [-0.2, 0) is 6.42 Å². The molecule has 3 aromatic rings. The van der Waals surface area contributed by atoms with E-state index in [-0.39, 0.29) is 6.03 Å². The number of nitrogens with two attached hydrogens (primary N) is 1. The molecule has 3 aromatic carbocycles. The Hall–Kier alpha value is -4.11. The normalized spacial score (nSPS) is 10.7. The molecule has 0 saturated carbocycles. The zero-order valence-electron chi connectivity index (χ0n) is 22.8. The Kier molecular flexibility index (Phi) is 10.5. The standard InChI is InChI=1S/C29H38N4O5/c1-32(18-15-21-7-13-25(35-2)27(19-21)37-4)16-6-17-33(24-11-8-22(30)9-12-24)29(34)31-23-10-14-26(36-3)28(20-23)38-5/h7-14,19-20H,6,15-18,30H2,1-5H3,(H,31,34). The lowest BCUT2D eigenvalue weighted by molar-refractivity contribution is 0.256. The van der Waals surface area contributed by atoms with Gasteiger partial charge in [-0.3, -0.25) is 4.90 Å². The Balaban J connectivity index is 1.61. The summed E-state index contributed by atoms with van der Waals surface area (Å²) < 4.78 is 21.4. The number of hydrogen-bond acceptors (Lipinski definition) is 7. The van der Waals surface area contributed by atoms with Crippen molar-refractivity contribution in [1.29, 1.82) is 0 Å². The van der Waals surface area contributed by atoms with Crippen LogP contribution >= 0.6 is 0 Å². The minimum Gasteiger partial charge on any atom is -0.493 e. The first-order chi connectivity index (χ1) is 18.4. The molecule has 0 aliphatic carbocycles. The summed E-state index contributed by atoms with van der Waals surface area (Å²) in [4.78, 5) is 17.3. The Labute approximate surface area is 225 Å². The molecule has 0 heterocycles. The number of nitrogen functional groups attached to an aromatic ring is 1. The number of nitrogens with zero attached hydrogens (tertiary/aromatic N) is 2. The number of carbonyl (C=O) groups is 1. The summed E-state index contributed by atoms with van der Waals surface area (Å²) in [6, 6.07) is 18.3. The number of benzene rings is 3. The quantitative estimate of drug-likeness (QED) is 0.308. The Morgan fingerprint density at radius 3 is 2.00 bits per heavy atom. The fraction of sp³-hybridized carbons (Fsp3) is 0.345. The predicted molar refractivity (Wildman–Crippen MR) is 152 cm³/mol. The average Bonchev–Trinajstić information content (AvgIpc) is 2.94. The first-order valence-electron chi connectivity index (χ1n) is 12.4. The number of urea groups is 1. The largest absolute Gasteiger partial charge is 0.493 e. The second-order valence-corrected chi connectivity index (χ2v) is 8.84. The molecule has 3 rings (SSSR count). The van der Waals surface area contributed by atoms with Crippen LogP contribution in [0.5, 0.6) is 23.0 Å². The topological polar surface area (TPSA) is 98.5 Å². The number of nitrogens with one attached hydrogen (secondary N) is 1. The van der Waals surface area contributed by atoms with E-state index in [1.165, 1.54) is 5.56 Å². The molecule has 0 atom stereocenters. The lowest BCUT2D eigenvalue weighted by Gasteiger charge is -2.25. The van der Waals surface area contributed by atoms with Crippen molar-refractivity contribution in [2.75, 3.05) is 71.1 Å². The monoisotopic (exact) mass is 522 g/mol. The minimum absolute atomic E-state index is 0.241. The summed E-state index contributed by atoms with van der Waals surface area (Å²) in [5.74, 6) is 2.59. The van der Waals surface area contributed by atoms with Crippen LogP contribution in [0, 0.1) is 0 Å². The summed E-state index contributed by atoms with van der Waals surface area (Å²) in [5.41, 5.74) is 9.07. The molecule has 0 aliphatic heterocycles. The van der Waals surface area contributed by atoms with Gasteiger partial charge in [-0.05, 0) is 80.5 Å². The Morgan fingerprint density at radius 1 is 0.763 bits per heavy atom. The number of hydrogen-bond donors (Lipinski definition) is 2. The summed E-state index contributed by atoms with van der Waals surface area (Å²) >= 11 is 0. The van der Waals surface area contributed by atoms with Gasteiger partial charge in [-0.2, -0.15) is 0 Å². The van der Waals surface area contributed by atoms with Crippen molar-refractivity contribution in [1.82, 2.24) is 4.90 Å². The number of rotatable bonds is 13. The van der Waals surface area contributed by atoms with Crippen LogP contribution in [0.3, 0.4) is 0 Å². The van der Waals surface area contributed by atoms with Gasteiger partial charge in [0.2, 0.25) is 0 Å². The molecule has 0 aliphatic rings. The van der Waals surface area contributed by atoms with Crippen molar-refractivity contribution in [2.45, 2.75) is 12.8 Å². The molecule has 204 valence electrons. The summed E-state index contributed by atoms with van der Waals surface area (Å²) in [6.07, 6.45) is 1.66. The van der Waals surface area contributed by atoms with E-state index < -0.39 is 0 Å². The molecule has 38 heavy (non-hydrogen) atoms. The average molecular weight is 523 g/mol. The van der Waals surface area contributed by atoms with Crippen molar-refractivity contribution in [3.63, 3.8) is 0 Å². The highest BCUT2D eigenvalue weighted by atomic mass is 16.5. The maximum absolute atomic E-state index is 13.3. The van der Waals surface area contributed by atoms with Gasteiger partial charge >= 0.3 is 6.03 Å². The van der Waals surface area contributed by atoms with E-state index in [4.69, 9.17) is 24.7 Å². The number of anilines is 3. The van der Waals surface area contributed by atoms with E-state index in [2.05, 4.69) is 23.3 Å². The number of methoxy groups -OCH3 is 4. The number of likely N-dealkylation sites (N-methyl/N-ethyl adjacent to an activating group) is 1. The van der Waals surface area contributed by atoms with Crippen LogP contribution in [0.15, 0.2) is 60.7 Å². The highest BCUT2D eigenvalue weighted by molar-refractivity contribution is 6.02. The number of amides is 2. The second-order valence-electron chi connectivity index (χ2n) is 8.84. The van der Waals surface area contributed by atoms with Crippen LogP contribution < -0.4 is 34.9 Å². The van der Waals surface area contributed by atoms with Gasteiger partial charge in [-0.1, -0.05) is 6.07 Å². The van der Waals surface area contributed by atoms with E-state index in [1.54, 1.807) is 63.7 Å². The summed E-state index contributed by atoms with van der Waals surface area (Å²) in [5, 5.41) is 2.97. The van der Waals surface area contributed by atoms with Gasteiger partial charge in [0.05, 0.1) is 28.4 Å². The fourth-order valence-electron chi connectivity index (χ4n) is 4.07. The van der Waals surface area contributed by atoms with Crippen molar-refractivity contribution >= 4 is 23.1 Å². The van der Waals surface area contributed by atoms with Crippen molar-refractivity contribution < 1.29 is 23.7 Å². The number of ether oxygens (including phenoxy) is 4. The lowest BCUT2D eigenvalue weighted by Crippen LogP contribution is -2.37. The van der Waals surface area contributed by atoms with Crippen LogP contribution in [0.2, 0.25) is 0 Å². The van der Waals surface area contributed by atoms with E-state index in [1.807, 2.05) is 24.3 Å². The third-order valence-electron chi connectivity index (χ3n) is 6.24. The van der Waals surface area contributed by atoms with Crippen LogP contribution in [0.1, 0.15) is 12.0 Å². The first-order valence-corrected chi connectivity index (χ1v) is 12.4. The van der Waals surface area contributed by atoms with Gasteiger partial charge in [-0.15, -0.1) is 0 Å². The van der Waals surface area contributed by atoms with E-state index in [0.29, 0.717) is 29.4 Å². The van der Waals surface area contributed by atoms with Gasteiger partial charge < -0.3 is 34.9 Å². The van der Waals surface area contributed by atoms with Crippen LogP contribution in [-0.4, -0.2) is 66.1 Å². The molecular weight excluding hydrogens is 484 g/mol. The molecule has 0 saturated heterocycles. The van der Waals surface area contributed by atoms with Gasteiger partial charge in [-0.25, -0.2) is 4.79 Å². The maximum atomic E-state index is 13.3. The van der Waals surface area contributed by atoms with E-state index in [9.17, 15) is 4.79 Å². The third kappa shape index (κ3) is 7.69. The smallest absolute Gasteiger partial charge is 0.326 e.